The quantitative estimate of drug-likeness (QED) is 0.818. The first-order valence-corrected chi connectivity index (χ1v) is 6.03. The molecule has 0 atom stereocenters. The molecule has 100 valence electrons. The third kappa shape index (κ3) is 3.48. The van der Waals surface area contributed by atoms with Crippen molar-refractivity contribution in [3.05, 3.63) is 12.1 Å². The van der Waals surface area contributed by atoms with Gasteiger partial charge in [0.2, 0.25) is 11.8 Å². The monoisotopic (exact) mass is 253 g/mol. The molecule has 2 rings (SSSR count). The number of morpholine rings is 1. The molecule has 0 aliphatic carbocycles. The molecule has 1 aromatic heterocycles. The van der Waals surface area contributed by atoms with E-state index in [1.165, 1.54) is 0 Å². The Hall–Kier alpha value is -1.53. The molecule has 1 fully saturated rings. The van der Waals surface area contributed by atoms with Gasteiger partial charge in [0.15, 0.2) is 0 Å². The number of methoxy groups -OCH3 is 1. The zero-order valence-electron chi connectivity index (χ0n) is 10.6. The summed E-state index contributed by atoms with van der Waals surface area (Å²) in [6.45, 7) is 4.89. The van der Waals surface area contributed by atoms with Crippen molar-refractivity contribution in [2.24, 2.45) is 0 Å². The van der Waals surface area contributed by atoms with E-state index in [0.29, 0.717) is 24.1 Å². The second-order valence-electron chi connectivity index (χ2n) is 4.05. The molecular formula is C12H19N3O3. The third-order valence-corrected chi connectivity index (χ3v) is 2.82. The topological polar surface area (TPSA) is 69.8 Å². The Morgan fingerprint density at radius 1 is 1.39 bits per heavy atom. The van der Waals surface area contributed by atoms with Gasteiger partial charge in [-0.1, -0.05) is 0 Å². The smallest absolute Gasteiger partial charge is 0.240 e. The Morgan fingerprint density at radius 2 is 2.17 bits per heavy atom. The Labute approximate surface area is 107 Å². The van der Waals surface area contributed by atoms with Crippen LogP contribution in [0.4, 0.5) is 5.69 Å². The first kappa shape index (κ1) is 12.9. The van der Waals surface area contributed by atoms with Crippen molar-refractivity contribution in [3.63, 3.8) is 0 Å². The van der Waals surface area contributed by atoms with Crippen molar-refractivity contribution in [1.29, 1.82) is 0 Å². The zero-order valence-corrected chi connectivity index (χ0v) is 10.6. The highest BCUT2D eigenvalue weighted by Gasteiger charge is 2.11. The average molecular weight is 253 g/mol. The van der Waals surface area contributed by atoms with Crippen molar-refractivity contribution in [2.75, 3.05) is 52.3 Å². The summed E-state index contributed by atoms with van der Waals surface area (Å²) in [7, 11) is 1.57. The number of ether oxygens (including phenoxy) is 3. The van der Waals surface area contributed by atoms with Gasteiger partial charge in [0.05, 0.1) is 26.0 Å². The van der Waals surface area contributed by atoms with Crippen molar-refractivity contribution >= 4 is 5.69 Å². The lowest BCUT2D eigenvalue weighted by molar-refractivity contribution is 0.0320. The van der Waals surface area contributed by atoms with E-state index in [1.54, 1.807) is 19.2 Å². The molecule has 6 nitrogen and oxygen atoms in total. The summed E-state index contributed by atoms with van der Waals surface area (Å²) in [6.07, 6.45) is 0. The van der Waals surface area contributed by atoms with Crippen LogP contribution in [0.5, 0.6) is 11.8 Å². The van der Waals surface area contributed by atoms with Crippen molar-refractivity contribution in [1.82, 2.24) is 9.88 Å². The highest BCUT2D eigenvalue weighted by molar-refractivity contribution is 5.49. The normalized spacial score (nSPS) is 16.5. The zero-order chi connectivity index (χ0) is 12.8. The van der Waals surface area contributed by atoms with Gasteiger partial charge in [0, 0.05) is 25.7 Å². The van der Waals surface area contributed by atoms with Gasteiger partial charge in [0.1, 0.15) is 6.61 Å². The molecule has 0 aromatic carbocycles. The first-order valence-electron chi connectivity index (χ1n) is 6.03. The predicted molar refractivity (Wildman–Crippen MR) is 68.0 cm³/mol. The summed E-state index contributed by atoms with van der Waals surface area (Å²) in [5.74, 6) is 0.938. The van der Waals surface area contributed by atoms with Gasteiger partial charge in [-0.25, -0.2) is 0 Å². The van der Waals surface area contributed by atoms with E-state index in [9.17, 15) is 0 Å². The molecule has 2 heterocycles. The third-order valence-electron chi connectivity index (χ3n) is 2.82. The van der Waals surface area contributed by atoms with Gasteiger partial charge in [0.25, 0.3) is 0 Å². The Balaban J connectivity index is 1.81. The molecule has 0 unspecified atom stereocenters. The van der Waals surface area contributed by atoms with Gasteiger partial charge in [-0.05, 0) is 6.07 Å². The molecule has 6 heteroatoms. The molecule has 1 saturated heterocycles. The standard InChI is InChI=1S/C12H19N3O3/c1-16-11-3-2-10(13)12(14-11)18-9-6-15-4-7-17-8-5-15/h2-3H,4-9,13H2,1H3. The number of rotatable bonds is 5. The van der Waals surface area contributed by atoms with Crippen molar-refractivity contribution in [3.8, 4) is 11.8 Å². The molecule has 1 aromatic rings. The second kappa shape index (κ2) is 6.42. The van der Waals surface area contributed by atoms with Crippen molar-refractivity contribution < 1.29 is 14.2 Å². The molecule has 0 saturated carbocycles. The van der Waals surface area contributed by atoms with Crippen molar-refractivity contribution in [2.45, 2.75) is 0 Å². The maximum absolute atomic E-state index is 5.79. The highest BCUT2D eigenvalue weighted by Crippen LogP contribution is 2.21. The van der Waals surface area contributed by atoms with Crippen LogP contribution in [-0.4, -0.2) is 56.4 Å². The molecule has 18 heavy (non-hydrogen) atoms. The molecule has 0 amide bonds. The maximum atomic E-state index is 5.79. The summed E-state index contributed by atoms with van der Waals surface area (Å²) in [6, 6.07) is 3.44. The fraction of sp³-hybridized carbons (Fsp3) is 0.583. The van der Waals surface area contributed by atoms with E-state index in [1.807, 2.05) is 0 Å². The highest BCUT2D eigenvalue weighted by atomic mass is 16.5. The number of aromatic nitrogens is 1. The molecule has 1 aliphatic heterocycles. The summed E-state index contributed by atoms with van der Waals surface area (Å²) < 4.78 is 15.9. The van der Waals surface area contributed by atoms with Crippen LogP contribution >= 0.6 is 0 Å². The minimum absolute atomic E-state index is 0.433. The maximum Gasteiger partial charge on any atom is 0.240 e. The number of anilines is 1. The average Bonchev–Trinajstić information content (AvgIpc) is 2.42. The summed E-state index contributed by atoms with van der Waals surface area (Å²) in [5.41, 5.74) is 6.31. The molecule has 1 aliphatic rings. The van der Waals surface area contributed by atoms with Gasteiger partial charge >= 0.3 is 0 Å². The van der Waals surface area contributed by atoms with E-state index >= 15 is 0 Å². The lowest BCUT2D eigenvalue weighted by Crippen LogP contribution is -2.38. The molecule has 0 bridgehead atoms. The second-order valence-corrected chi connectivity index (χ2v) is 4.05. The number of nitrogens with two attached hydrogens (primary N) is 1. The van der Waals surface area contributed by atoms with Gasteiger partial charge in [-0.15, -0.1) is 0 Å². The Bertz CT molecular complexity index is 381. The molecular weight excluding hydrogens is 234 g/mol. The van der Waals surface area contributed by atoms with Crippen LogP contribution in [0.3, 0.4) is 0 Å². The SMILES string of the molecule is COc1ccc(N)c(OCCN2CCOCC2)n1. The molecule has 2 N–H and O–H groups in total. The van der Waals surface area contributed by atoms with E-state index in [-0.39, 0.29) is 0 Å². The fourth-order valence-corrected chi connectivity index (χ4v) is 1.76. The van der Waals surface area contributed by atoms with Crippen LogP contribution in [0, 0.1) is 0 Å². The number of hydrogen-bond acceptors (Lipinski definition) is 6. The van der Waals surface area contributed by atoms with E-state index in [0.717, 1.165) is 32.8 Å². The van der Waals surface area contributed by atoms with Crippen LogP contribution in [-0.2, 0) is 4.74 Å². The van der Waals surface area contributed by atoms with Crippen LogP contribution in [0.25, 0.3) is 0 Å². The van der Waals surface area contributed by atoms with E-state index in [2.05, 4.69) is 9.88 Å². The Kier molecular flexibility index (Phi) is 4.60. The van der Waals surface area contributed by atoms with Gasteiger partial charge in [-0.3, -0.25) is 4.90 Å². The fourth-order valence-electron chi connectivity index (χ4n) is 1.76. The van der Waals surface area contributed by atoms with Crippen LogP contribution in [0.1, 0.15) is 0 Å². The Morgan fingerprint density at radius 3 is 2.89 bits per heavy atom. The van der Waals surface area contributed by atoms with Crippen LogP contribution in [0.15, 0.2) is 12.1 Å². The minimum atomic E-state index is 0.433. The number of hydrogen-bond donors (Lipinski definition) is 1. The summed E-state index contributed by atoms with van der Waals surface area (Å²) in [4.78, 5) is 6.45. The lowest BCUT2D eigenvalue weighted by atomic mass is 10.4. The minimum Gasteiger partial charge on any atom is -0.481 e. The van der Waals surface area contributed by atoms with E-state index in [4.69, 9.17) is 19.9 Å². The van der Waals surface area contributed by atoms with Crippen LogP contribution < -0.4 is 15.2 Å². The molecule has 0 spiro atoms. The molecule has 0 radical (unpaired) electrons. The number of nitrogens with zero attached hydrogens (tertiary/aromatic N) is 2. The largest absolute Gasteiger partial charge is 0.481 e. The summed E-state index contributed by atoms with van der Waals surface area (Å²) in [5, 5.41) is 0. The lowest BCUT2D eigenvalue weighted by Gasteiger charge is -2.26. The van der Waals surface area contributed by atoms with Crippen LogP contribution in [0.2, 0.25) is 0 Å². The summed E-state index contributed by atoms with van der Waals surface area (Å²) >= 11 is 0. The first-order chi connectivity index (χ1) is 8.79. The van der Waals surface area contributed by atoms with Gasteiger partial charge in [-0.2, -0.15) is 4.98 Å². The van der Waals surface area contributed by atoms with E-state index < -0.39 is 0 Å². The number of pyridine rings is 1. The predicted octanol–water partition coefficient (Wildman–Crippen LogP) is 0.383. The number of nitrogen functional groups attached to an aromatic ring is 1. The van der Waals surface area contributed by atoms with Gasteiger partial charge < -0.3 is 19.9 Å².